The van der Waals surface area contributed by atoms with Crippen molar-refractivity contribution < 1.29 is 19.1 Å². The zero-order chi connectivity index (χ0) is 17.7. The maximum Gasteiger partial charge on any atom is 0.408 e. The molecule has 24 heavy (non-hydrogen) atoms. The van der Waals surface area contributed by atoms with Gasteiger partial charge in [-0.1, -0.05) is 0 Å². The Morgan fingerprint density at radius 1 is 1.38 bits per heavy atom. The van der Waals surface area contributed by atoms with Crippen molar-refractivity contribution in [3.63, 3.8) is 0 Å². The lowest BCUT2D eigenvalue weighted by Crippen LogP contribution is -2.51. The number of alkyl carbamates (subject to hydrolysis) is 1. The predicted octanol–water partition coefficient (Wildman–Crippen LogP) is 2.71. The molecule has 2 N–H and O–H groups in total. The summed E-state index contributed by atoms with van der Waals surface area (Å²) in [6.07, 6.45) is 2.53. The van der Waals surface area contributed by atoms with Crippen LogP contribution in [0.2, 0.25) is 0 Å². The Bertz CT molecular complexity index is 576. The number of rotatable bonds is 4. The fourth-order valence-corrected chi connectivity index (χ4v) is 3.14. The summed E-state index contributed by atoms with van der Waals surface area (Å²) in [6, 6.07) is -0.673. The number of nitrogens with one attached hydrogen (secondary N) is 2. The van der Waals surface area contributed by atoms with Crippen LogP contribution < -0.4 is 10.6 Å². The topological polar surface area (TPSA) is 89.6 Å². The van der Waals surface area contributed by atoms with E-state index in [0.717, 1.165) is 4.88 Å². The van der Waals surface area contributed by atoms with E-state index in [1.54, 1.807) is 27.0 Å². The van der Waals surface area contributed by atoms with Crippen molar-refractivity contribution in [1.82, 2.24) is 10.3 Å². The Hall–Kier alpha value is -1.67. The molecule has 2 rings (SSSR count). The van der Waals surface area contributed by atoms with E-state index in [4.69, 9.17) is 9.47 Å². The molecule has 1 aromatic rings. The molecular weight excluding hydrogens is 330 g/mol. The van der Waals surface area contributed by atoms with Crippen molar-refractivity contribution in [2.75, 3.05) is 18.5 Å². The minimum Gasteiger partial charge on any atom is -0.444 e. The molecule has 1 aliphatic heterocycles. The lowest BCUT2D eigenvalue weighted by Gasteiger charge is -2.30. The summed E-state index contributed by atoms with van der Waals surface area (Å²) in [4.78, 5) is 29.9. The number of aryl methyl sites for hydroxylation is 1. The Labute approximate surface area is 146 Å². The number of aromatic nitrogens is 1. The highest BCUT2D eigenvalue weighted by atomic mass is 32.1. The molecule has 1 aromatic heterocycles. The van der Waals surface area contributed by atoms with Gasteiger partial charge in [0.05, 0.1) is 0 Å². The average molecular weight is 355 g/mol. The molecule has 8 heteroatoms. The van der Waals surface area contributed by atoms with E-state index in [0.29, 0.717) is 31.2 Å². The molecule has 134 valence electrons. The molecule has 0 unspecified atom stereocenters. The van der Waals surface area contributed by atoms with E-state index in [-0.39, 0.29) is 11.8 Å². The zero-order valence-corrected chi connectivity index (χ0v) is 15.4. The maximum atomic E-state index is 12.7. The minimum absolute atomic E-state index is 0.00678. The number of carbonyl (C=O) groups excluding carboxylic acids is 2. The van der Waals surface area contributed by atoms with Crippen LogP contribution in [0.5, 0.6) is 0 Å². The van der Waals surface area contributed by atoms with Crippen molar-refractivity contribution >= 4 is 28.5 Å². The van der Waals surface area contributed by atoms with Crippen molar-refractivity contribution in [2.45, 2.75) is 52.2 Å². The number of anilines is 1. The first-order valence-electron chi connectivity index (χ1n) is 8.05. The SMILES string of the molecule is Cc1cnc(NC(=O)[C@@H](NC(=O)OC(C)(C)C)C2CCOCC2)s1. The van der Waals surface area contributed by atoms with Gasteiger partial charge in [-0.05, 0) is 46.5 Å². The van der Waals surface area contributed by atoms with Gasteiger partial charge in [-0.2, -0.15) is 0 Å². The van der Waals surface area contributed by atoms with E-state index < -0.39 is 17.7 Å². The molecule has 2 amide bonds. The monoisotopic (exact) mass is 355 g/mol. The third kappa shape index (κ3) is 5.76. The molecule has 1 fully saturated rings. The Morgan fingerprint density at radius 3 is 2.58 bits per heavy atom. The molecule has 1 saturated heterocycles. The van der Waals surface area contributed by atoms with E-state index in [2.05, 4.69) is 15.6 Å². The van der Waals surface area contributed by atoms with Crippen LogP contribution in [-0.4, -0.2) is 41.8 Å². The maximum absolute atomic E-state index is 12.7. The summed E-state index contributed by atoms with van der Waals surface area (Å²) in [7, 11) is 0. The van der Waals surface area contributed by atoms with Crippen molar-refractivity contribution in [2.24, 2.45) is 5.92 Å². The summed E-state index contributed by atoms with van der Waals surface area (Å²) in [5.74, 6) is -0.269. The Morgan fingerprint density at radius 2 is 2.04 bits per heavy atom. The van der Waals surface area contributed by atoms with Gasteiger partial charge in [0.1, 0.15) is 11.6 Å². The van der Waals surface area contributed by atoms with Crippen LogP contribution in [0, 0.1) is 12.8 Å². The summed E-state index contributed by atoms with van der Waals surface area (Å²) >= 11 is 1.40. The smallest absolute Gasteiger partial charge is 0.408 e. The second-order valence-corrected chi connectivity index (χ2v) is 8.07. The van der Waals surface area contributed by atoms with Gasteiger partial charge in [-0.25, -0.2) is 9.78 Å². The van der Waals surface area contributed by atoms with E-state index in [1.807, 2.05) is 6.92 Å². The van der Waals surface area contributed by atoms with Crippen molar-refractivity contribution in [3.8, 4) is 0 Å². The van der Waals surface area contributed by atoms with Gasteiger partial charge in [0, 0.05) is 24.3 Å². The molecule has 0 aromatic carbocycles. The molecule has 7 nitrogen and oxygen atoms in total. The third-order valence-corrected chi connectivity index (χ3v) is 4.37. The first kappa shape index (κ1) is 18.7. The largest absolute Gasteiger partial charge is 0.444 e. The quantitative estimate of drug-likeness (QED) is 0.867. The molecule has 1 atom stereocenters. The van der Waals surface area contributed by atoms with Gasteiger partial charge >= 0.3 is 6.09 Å². The minimum atomic E-state index is -0.673. The van der Waals surface area contributed by atoms with Crippen LogP contribution in [0.15, 0.2) is 6.20 Å². The number of amides is 2. The Balaban J connectivity index is 2.06. The highest BCUT2D eigenvalue weighted by molar-refractivity contribution is 7.15. The standard InChI is InChI=1S/C16H25N3O4S/c1-10-9-17-14(24-10)19-13(20)12(11-5-7-22-8-6-11)18-15(21)23-16(2,3)4/h9,11-12H,5-8H2,1-4H3,(H,18,21)(H,17,19,20)/t12-/m0/s1. The van der Waals surface area contributed by atoms with Gasteiger partial charge < -0.3 is 20.1 Å². The summed E-state index contributed by atoms with van der Waals surface area (Å²) < 4.78 is 10.6. The van der Waals surface area contributed by atoms with Gasteiger partial charge in [-0.3, -0.25) is 4.79 Å². The van der Waals surface area contributed by atoms with Crippen LogP contribution in [0.25, 0.3) is 0 Å². The summed E-state index contributed by atoms with van der Waals surface area (Å²) in [5, 5.41) is 6.03. The Kier molecular flexibility index (Phi) is 6.17. The van der Waals surface area contributed by atoms with E-state index >= 15 is 0 Å². The number of carbonyl (C=O) groups is 2. The van der Waals surface area contributed by atoms with Gasteiger partial charge in [0.25, 0.3) is 0 Å². The van der Waals surface area contributed by atoms with Gasteiger partial charge in [-0.15, -0.1) is 11.3 Å². The van der Waals surface area contributed by atoms with E-state index in [1.165, 1.54) is 11.3 Å². The van der Waals surface area contributed by atoms with Gasteiger partial charge in [0.2, 0.25) is 5.91 Å². The fourth-order valence-electron chi connectivity index (χ4n) is 2.48. The molecule has 0 bridgehead atoms. The number of nitrogens with zero attached hydrogens (tertiary/aromatic N) is 1. The number of hydrogen-bond acceptors (Lipinski definition) is 6. The van der Waals surface area contributed by atoms with Crippen LogP contribution in [0.4, 0.5) is 9.93 Å². The zero-order valence-electron chi connectivity index (χ0n) is 14.5. The normalized spacial score (nSPS) is 17.2. The number of hydrogen-bond donors (Lipinski definition) is 2. The second-order valence-electron chi connectivity index (χ2n) is 6.84. The number of ether oxygens (including phenoxy) is 2. The van der Waals surface area contributed by atoms with Crippen molar-refractivity contribution in [1.29, 1.82) is 0 Å². The lowest BCUT2D eigenvalue weighted by atomic mass is 9.91. The first-order chi connectivity index (χ1) is 11.2. The summed E-state index contributed by atoms with van der Waals surface area (Å²) in [5.41, 5.74) is -0.618. The van der Waals surface area contributed by atoms with Crippen molar-refractivity contribution in [3.05, 3.63) is 11.1 Å². The van der Waals surface area contributed by atoms with Crippen LogP contribution in [0.1, 0.15) is 38.5 Å². The second kappa shape index (κ2) is 7.94. The third-order valence-electron chi connectivity index (χ3n) is 3.54. The van der Waals surface area contributed by atoms with Crippen LogP contribution >= 0.6 is 11.3 Å². The van der Waals surface area contributed by atoms with Gasteiger partial charge in [0.15, 0.2) is 5.13 Å². The molecular formula is C16H25N3O4S. The van der Waals surface area contributed by atoms with E-state index in [9.17, 15) is 9.59 Å². The average Bonchev–Trinajstić information content (AvgIpc) is 2.89. The fraction of sp³-hybridized carbons (Fsp3) is 0.688. The molecule has 0 aliphatic carbocycles. The number of thiazole rings is 1. The molecule has 0 spiro atoms. The highest BCUT2D eigenvalue weighted by Gasteiger charge is 2.33. The lowest BCUT2D eigenvalue weighted by molar-refractivity contribution is -0.120. The molecule has 0 radical (unpaired) electrons. The molecule has 2 heterocycles. The molecule has 1 aliphatic rings. The van der Waals surface area contributed by atoms with Crippen LogP contribution in [0.3, 0.4) is 0 Å². The predicted molar refractivity (Wildman–Crippen MR) is 92.2 cm³/mol. The summed E-state index contributed by atoms with van der Waals surface area (Å²) in [6.45, 7) is 8.45. The van der Waals surface area contributed by atoms with Crippen LogP contribution in [-0.2, 0) is 14.3 Å². The molecule has 0 saturated carbocycles. The first-order valence-corrected chi connectivity index (χ1v) is 8.87. The highest BCUT2D eigenvalue weighted by Crippen LogP contribution is 2.22.